The van der Waals surface area contributed by atoms with E-state index >= 15 is 0 Å². The molecule has 98 valence electrons. The van der Waals surface area contributed by atoms with Gasteiger partial charge in [0.05, 0.1) is 17.4 Å². The SMILES string of the molecule is NC1(CC(=O)Nc2cncc(C(F)(F)F)c2)CC1. The van der Waals surface area contributed by atoms with Crippen LogP contribution in [0.1, 0.15) is 24.8 Å². The number of anilines is 1. The molecular weight excluding hydrogens is 247 g/mol. The fourth-order valence-corrected chi connectivity index (χ4v) is 1.53. The Morgan fingerprint density at radius 3 is 2.67 bits per heavy atom. The number of pyridine rings is 1. The zero-order chi connectivity index (χ0) is 13.4. The summed E-state index contributed by atoms with van der Waals surface area (Å²) < 4.78 is 37.2. The summed E-state index contributed by atoms with van der Waals surface area (Å²) in [5, 5.41) is 2.37. The third-order valence-electron chi connectivity index (χ3n) is 2.75. The van der Waals surface area contributed by atoms with E-state index in [1.807, 2.05) is 0 Å². The van der Waals surface area contributed by atoms with Crippen molar-refractivity contribution in [2.75, 3.05) is 5.32 Å². The lowest BCUT2D eigenvalue weighted by Gasteiger charge is -2.11. The highest BCUT2D eigenvalue weighted by molar-refractivity contribution is 5.91. The monoisotopic (exact) mass is 259 g/mol. The Hall–Kier alpha value is -1.63. The van der Waals surface area contributed by atoms with Crippen LogP contribution in [0.2, 0.25) is 0 Å². The van der Waals surface area contributed by atoms with Crippen molar-refractivity contribution in [1.29, 1.82) is 0 Å². The molecule has 1 aliphatic carbocycles. The molecule has 1 saturated carbocycles. The van der Waals surface area contributed by atoms with Gasteiger partial charge in [0.25, 0.3) is 0 Å². The molecule has 0 unspecified atom stereocenters. The van der Waals surface area contributed by atoms with Gasteiger partial charge in [-0.2, -0.15) is 13.2 Å². The van der Waals surface area contributed by atoms with Crippen LogP contribution in [-0.2, 0) is 11.0 Å². The number of nitrogens with two attached hydrogens (primary N) is 1. The van der Waals surface area contributed by atoms with E-state index in [2.05, 4.69) is 10.3 Å². The van der Waals surface area contributed by atoms with E-state index in [0.29, 0.717) is 6.20 Å². The quantitative estimate of drug-likeness (QED) is 0.871. The Morgan fingerprint density at radius 2 is 2.11 bits per heavy atom. The van der Waals surface area contributed by atoms with E-state index in [1.165, 1.54) is 6.20 Å². The fraction of sp³-hybridized carbons (Fsp3) is 0.455. The highest BCUT2D eigenvalue weighted by Crippen LogP contribution is 2.36. The third kappa shape index (κ3) is 3.19. The highest BCUT2D eigenvalue weighted by atomic mass is 19.4. The molecule has 0 bridgehead atoms. The van der Waals surface area contributed by atoms with Gasteiger partial charge in [-0.3, -0.25) is 9.78 Å². The van der Waals surface area contributed by atoms with Crippen LogP contribution in [-0.4, -0.2) is 16.4 Å². The Balaban J connectivity index is 2.03. The molecule has 1 amide bonds. The molecule has 0 atom stereocenters. The second-order valence-corrected chi connectivity index (χ2v) is 4.55. The molecule has 1 aliphatic rings. The van der Waals surface area contributed by atoms with Gasteiger partial charge in [-0.05, 0) is 18.9 Å². The normalized spacial score (nSPS) is 17.3. The molecule has 0 aliphatic heterocycles. The van der Waals surface area contributed by atoms with Crippen molar-refractivity contribution in [2.45, 2.75) is 31.0 Å². The van der Waals surface area contributed by atoms with Gasteiger partial charge in [-0.25, -0.2) is 0 Å². The Bertz CT molecular complexity index is 469. The third-order valence-corrected chi connectivity index (χ3v) is 2.75. The predicted octanol–water partition coefficient (Wildman–Crippen LogP) is 1.92. The van der Waals surface area contributed by atoms with Crippen molar-refractivity contribution >= 4 is 11.6 Å². The van der Waals surface area contributed by atoms with Crippen LogP contribution in [0.3, 0.4) is 0 Å². The minimum atomic E-state index is -4.47. The van der Waals surface area contributed by atoms with Gasteiger partial charge in [0.15, 0.2) is 0 Å². The molecule has 1 fully saturated rings. The topological polar surface area (TPSA) is 68.0 Å². The van der Waals surface area contributed by atoms with Crippen molar-refractivity contribution in [3.8, 4) is 0 Å². The first kappa shape index (κ1) is 12.8. The number of carbonyl (C=O) groups is 1. The van der Waals surface area contributed by atoms with Gasteiger partial charge in [-0.1, -0.05) is 0 Å². The zero-order valence-electron chi connectivity index (χ0n) is 9.42. The maximum Gasteiger partial charge on any atom is 0.417 e. The summed E-state index contributed by atoms with van der Waals surface area (Å²) in [6.45, 7) is 0. The molecule has 3 N–H and O–H groups in total. The lowest BCUT2D eigenvalue weighted by atomic mass is 10.2. The average Bonchev–Trinajstić information content (AvgIpc) is 2.94. The first-order chi connectivity index (χ1) is 8.28. The summed E-state index contributed by atoms with van der Waals surface area (Å²) in [6, 6.07) is 0.848. The van der Waals surface area contributed by atoms with Gasteiger partial charge >= 0.3 is 6.18 Å². The first-order valence-electron chi connectivity index (χ1n) is 5.40. The van der Waals surface area contributed by atoms with Crippen LogP contribution in [0, 0.1) is 0 Å². The number of aromatic nitrogens is 1. The van der Waals surface area contributed by atoms with Crippen molar-refractivity contribution in [2.24, 2.45) is 5.73 Å². The van der Waals surface area contributed by atoms with Gasteiger partial charge in [0.1, 0.15) is 0 Å². The van der Waals surface area contributed by atoms with Crippen molar-refractivity contribution in [3.63, 3.8) is 0 Å². The first-order valence-corrected chi connectivity index (χ1v) is 5.40. The largest absolute Gasteiger partial charge is 0.417 e. The van der Waals surface area contributed by atoms with Crippen LogP contribution < -0.4 is 11.1 Å². The molecule has 2 rings (SSSR count). The van der Waals surface area contributed by atoms with Crippen LogP contribution in [0.15, 0.2) is 18.5 Å². The van der Waals surface area contributed by atoms with Crippen LogP contribution in [0.25, 0.3) is 0 Å². The molecule has 0 saturated heterocycles. The number of hydrogen-bond acceptors (Lipinski definition) is 3. The predicted molar refractivity (Wildman–Crippen MR) is 58.6 cm³/mol. The summed E-state index contributed by atoms with van der Waals surface area (Å²) in [7, 11) is 0. The van der Waals surface area contributed by atoms with E-state index in [9.17, 15) is 18.0 Å². The summed E-state index contributed by atoms with van der Waals surface area (Å²) >= 11 is 0. The molecule has 0 spiro atoms. The average molecular weight is 259 g/mol. The Labute approximate surface area is 101 Å². The van der Waals surface area contributed by atoms with Crippen molar-refractivity contribution in [1.82, 2.24) is 4.98 Å². The van der Waals surface area contributed by atoms with E-state index < -0.39 is 23.2 Å². The molecule has 1 aromatic rings. The summed E-state index contributed by atoms with van der Waals surface area (Å²) in [6.07, 6.45) is -0.949. The number of nitrogens with zero attached hydrogens (tertiary/aromatic N) is 1. The maximum atomic E-state index is 12.4. The molecule has 0 radical (unpaired) electrons. The van der Waals surface area contributed by atoms with Gasteiger partial charge in [0.2, 0.25) is 5.91 Å². The Morgan fingerprint density at radius 1 is 1.44 bits per heavy atom. The van der Waals surface area contributed by atoms with E-state index in [4.69, 9.17) is 5.73 Å². The molecule has 4 nitrogen and oxygen atoms in total. The lowest BCUT2D eigenvalue weighted by Crippen LogP contribution is -2.28. The summed E-state index contributed by atoms with van der Waals surface area (Å²) in [4.78, 5) is 15.0. The van der Waals surface area contributed by atoms with E-state index in [1.54, 1.807) is 0 Å². The lowest BCUT2D eigenvalue weighted by molar-refractivity contribution is -0.137. The maximum absolute atomic E-state index is 12.4. The zero-order valence-corrected chi connectivity index (χ0v) is 9.42. The fourth-order valence-electron chi connectivity index (χ4n) is 1.53. The van der Waals surface area contributed by atoms with Crippen molar-refractivity contribution < 1.29 is 18.0 Å². The second-order valence-electron chi connectivity index (χ2n) is 4.55. The van der Waals surface area contributed by atoms with Crippen LogP contribution in [0.4, 0.5) is 18.9 Å². The number of nitrogens with one attached hydrogen (secondary N) is 1. The summed E-state index contributed by atoms with van der Waals surface area (Å²) in [5.41, 5.74) is 4.40. The molecule has 0 aromatic carbocycles. The molecule has 7 heteroatoms. The highest BCUT2D eigenvalue weighted by Gasteiger charge is 2.40. The molecule has 18 heavy (non-hydrogen) atoms. The second kappa shape index (κ2) is 4.24. The smallest absolute Gasteiger partial charge is 0.325 e. The Kier molecular flexibility index (Phi) is 3.02. The van der Waals surface area contributed by atoms with Gasteiger partial charge in [0, 0.05) is 18.2 Å². The summed E-state index contributed by atoms with van der Waals surface area (Å²) in [5.74, 6) is -0.392. The van der Waals surface area contributed by atoms with Gasteiger partial charge in [-0.15, -0.1) is 0 Å². The number of amides is 1. The van der Waals surface area contributed by atoms with E-state index in [-0.39, 0.29) is 12.1 Å². The molecule has 1 heterocycles. The van der Waals surface area contributed by atoms with Crippen molar-refractivity contribution in [3.05, 3.63) is 24.0 Å². The number of carbonyl (C=O) groups excluding carboxylic acids is 1. The molecule has 1 aromatic heterocycles. The van der Waals surface area contributed by atoms with Gasteiger partial charge < -0.3 is 11.1 Å². The van der Waals surface area contributed by atoms with E-state index in [0.717, 1.165) is 18.9 Å². The van der Waals surface area contributed by atoms with Crippen LogP contribution in [0.5, 0.6) is 0 Å². The molecular formula is C11H12F3N3O. The number of halogens is 3. The standard InChI is InChI=1S/C11H12F3N3O/c12-11(13,14)7-3-8(6-16-5-7)17-9(18)4-10(15)1-2-10/h3,5-6H,1-2,4,15H2,(H,17,18). The number of alkyl halides is 3. The minimum absolute atomic E-state index is 0.0269. The minimum Gasteiger partial charge on any atom is -0.325 e. The number of rotatable bonds is 3. The number of hydrogen-bond donors (Lipinski definition) is 2. The van der Waals surface area contributed by atoms with Crippen LogP contribution >= 0.6 is 0 Å².